The van der Waals surface area contributed by atoms with Gasteiger partial charge >= 0.3 is 0 Å². The van der Waals surface area contributed by atoms with Crippen LogP contribution in [0.3, 0.4) is 0 Å². The maximum absolute atomic E-state index is 13.2. The van der Waals surface area contributed by atoms with Gasteiger partial charge in [0, 0.05) is 24.3 Å². The summed E-state index contributed by atoms with van der Waals surface area (Å²) in [6.45, 7) is 0. The van der Waals surface area contributed by atoms with E-state index in [4.69, 9.17) is 0 Å². The number of ketones is 1. The zero-order chi connectivity index (χ0) is 14.2. The van der Waals surface area contributed by atoms with Gasteiger partial charge in [0.15, 0.2) is 5.78 Å². The maximum atomic E-state index is 13.2. The Kier molecular flexibility index (Phi) is 3.61. The molecule has 2 fully saturated rings. The van der Waals surface area contributed by atoms with Crippen molar-refractivity contribution in [2.24, 2.45) is 5.92 Å². The average molecular weight is 278 g/mol. The first-order valence-electron chi connectivity index (χ1n) is 7.58. The van der Waals surface area contributed by atoms with Crippen LogP contribution in [-0.2, 0) is 0 Å². The minimum atomic E-state index is -2.57. The highest BCUT2D eigenvalue weighted by Gasteiger charge is 2.38. The number of hydrogen-bond donors (Lipinski definition) is 0. The van der Waals surface area contributed by atoms with Crippen molar-refractivity contribution in [2.75, 3.05) is 0 Å². The Hall–Kier alpha value is -1.25. The van der Waals surface area contributed by atoms with E-state index in [0.717, 1.165) is 24.0 Å². The van der Waals surface area contributed by atoms with Gasteiger partial charge in [-0.15, -0.1) is 0 Å². The fourth-order valence-electron chi connectivity index (χ4n) is 3.32. The molecule has 2 aliphatic carbocycles. The Morgan fingerprint density at radius 1 is 1.05 bits per heavy atom. The van der Waals surface area contributed by atoms with Crippen LogP contribution < -0.4 is 0 Å². The molecule has 3 heteroatoms. The molecule has 20 heavy (non-hydrogen) atoms. The molecule has 0 aromatic heterocycles. The Morgan fingerprint density at radius 3 is 2.30 bits per heavy atom. The Bertz CT molecular complexity index is 495. The van der Waals surface area contributed by atoms with Crippen LogP contribution in [0.15, 0.2) is 24.3 Å². The van der Waals surface area contributed by atoms with Gasteiger partial charge in [-0.2, -0.15) is 0 Å². The van der Waals surface area contributed by atoms with E-state index in [0.29, 0.717) is 18.8 Å². The highest BCUT2D eigenvalue weighted by atomic mass is 19.3. The SMILES string of the molecule is O=C(c1ccccc1C1CCC1)C1CCC(F)(F)CC1. The third-order valence-electron chi connectivity index (χ3n) is 4.86. The number of rotatable bonds is 3. The minimum Gasteiger partial charge on any atom is -0.294 e. The summed E-state index contributed by atoms with van der Waals surface area (Å²) >= 11 is 0. The lowest BCUT2D eigenvalue weighted by Gasteiger charge is -2.30. The summed E-state index contributed by atoms with van der Waals surface area (Å²) in [5.41, 5.74) is 1.92. The van der Waals surface area contributed by atoms with Gasteiger partial charge in [-0.25, -0.2) is 8.78 Å². The number of alkyl halides is 2. The van der Waals surface area contributed by atoms with Gasteiger partial charge in [-0.1, -0.05) is 30.7 Å². The number of hydrogen-bond acceptors (Lipinski definition) is 1. The molecule has 0 bridgehead atoms. The highest BCUT2D eigenvalue weighted by molar-refractivity contribution is 5.99. The zero-order valence-electron chi connectivity index (χ0n) is 11.6. The molecule has 3 rings (SSSR count). The number of benzene rings is 1. The lowest BCUT2D eigenvalue weighted by molar-refractivity contribution is -0.0424. The van der Waals surface area contributed by atoms with Crippen molar-refractivity contribution in [1.29, 1.82) is 0 Å². The topological polar surface area (TPSA) is 17.1 Å². The number of halogens is 2. The van der Waals surface area contributed by atoms with Crippen LogP contribution in [0.25, 0.3) is 0 Å². The predicted octanol–water partition coefficient (Wildman–Crippen LogP) is 4.96. The molecule has 0 aliphatic heterocycles. The standard InChI is InChI=1S/C17H20F2O/c18-17(19)10-8-13(9-11-17)16(20)15-7-2-1-6-14(15)12-4-3-5-12/h1-2,6-7,12-13H,3-5,8-11H2. The molecule has 0 atom stereocenters. The van der Waals surface area contributed by atoms with Crippen LogP contribution in [0.2, 0.25) is 0 Å². The van der Waals surface area contributed by atoms with Crippen molar-refractivity contribution < 1.29 is 13.6 Å². The van der Waals surface area contributed by atoms with Crippen LogP contribution >= 0.6 is 0 Å². The monoisotopic (exact) mass is 278 g/mol. The largest absolute Gasteiger partial charge is 0.294 e. The molecule has 0 unspecified atom stereocenters. The van der Waals surface area contributed by atoms with Gasteiger partial charge in [-0.3, -0.25) is 4.79 Å². The highest BCUT2D eigenvalue weighted by Crippen LogP contribution is 2.41. The van der Waals surface area contributed by atoms with Crippen LogP contribution in [-0.4, -0.2) is 11.7 Å². The molecule has 0 spiro atoms. The van der Waals surface area contributed by atoms with E-state index in [9.17, 15) is 13.6 Å². The molecule has 2 aliphatic rings. The molecule has 108 valence electrons. The maximum Gasteiger partial charge on any atom is 0.248 e. The molecular formula is C17H20F2O. The Morgan fingerprint density at radius 2 is 1.70 bits per heavy atom. The lowest BCUT2D eigenvalue weighted by atomic mass is 9.75. The fourth-order valence-corrected chi connectivity index (χ4v) is 3.32. The number of carbonyl (C=O) groups is 1. The van der Waals surface area contributed by atoms with Gasteiger partial charge in [0.1, 0.15) is 0 Å². The first kappa shape index (κ1) is 13.7. The molecule has 2 saturated carbocycles. The van der Waals surface area contributed by atoms with E-state index in [-0.39, 0.29) is 24.5 Å². The first-order chi connectivity index (χ1) is 9.57. The van der Waals surface area contributed by atoms with Crippen molar-refractivity contribution in [1.82, 2.24) is 0 Å². The zero-order valence-corrected chi connectivity index (χ0v) is 11.6. The number of carbonyl (C=O) groups excluding carboxylic acids is 1. The quantitative estimate of drug-likeness (QED) is 0.714. The van der Waals surface area contributed by atoms with Crippen LogP contribution in [0.1, 0.15) is 66.8 Å². The summed E-state index contributed by atoms with van der Waals surface area (Å²) in [6.07, 6.45) is 3.88. The Balaban J connectivity index is 1.77. The second kappa shape index (κ2) is 5.27. The predicted molar refractivity (Wildman–Crippen MR) is 74.3 cm³/mol. The van der Waals surface area contributed by atoms with E-state index in [1.807, 2.05) is 24.3 Å². The summed E-state index contributed by atoms with van der Waals surface area (Å²) in [6, 6.07) is 7.77. The second-order valence-electron chi connectivity index (χ2n) is 6.21. The van der Waals surface area contributed by atoms with E-state index < -0.39 is 5.92 Å². The summed E-state index contributed by atoms with van der Waals surface area (Å²) < 4.78 is 26.4. The van der Waals surface area contributed by atoms with E-state index in [2.05, 4.69) is 0 Å². The Labute approximate surface area is 118 Å². The van der Waals surface area contributed by atoms with E-state index in [1.165, 1.54) is 6.42 Å². The molecule has 0 heterocycles. The van der Waals surface area contributed by atoms with Gasteiger partial charge in [0.25, 0.3) is 0 Å². The molecule has 1 aromatic rings. The third kappa shape index (κ3) is 2.63. The summed E-state index contributed by atoms with van der Waals surface area (Å²) in [4.78, 5) is 12.6. The molecular weight excluding hydrogens is 258 g/mol. The summed E-state index contributed by atoms with van der Waals surface area (Å²) in [5.74, 6) is -2.19. The van der Waals surface area contributed by atoms with Crippen molar-refractivity contribution in [2.45, 2.75) is 56.8 Å². The third-order valence-corrected chi connectivity index (χ3v) is 4.86. The lowest BCUT2D eigenvalue weighted by Crippen LogP contribution is -2.29. The summed E-state index contributed by atoms with van der Waals surface area (Å²) in [5, 5.41) is 0. The van der Waals surface area contributed by atoms with Crippen LogP contribution in [0.4, 0.5) is 8.78 Å². The fraction of sp³-hybridized carbons (Fsp3) is 0.588. The van der Waals surface area contributed by atoms with Gasteiger partial charge in [-0.05, 0) is 37.2 Å². The average Bonchev–Trinajstić information content (AvgIpc) is 2.37. The minimum absolute atomic E-state index is 0.0861. The molecule has 0 saturated heterocycles. The van der Waals surface area contributed by atoms with Gasteiger partial charge < -0.3 is 0 Å². The summed E-state index contributed by atoms with van der Waals surface area (Å²) in [7, 11) is 0. The van der Waals surface area contributed by atoms with E-state index in [1.54, 1.807) is 0 Å². The van der Waals surface area contributed by atoms with Crippen molar-refractivity contribution in [3.05, 3.63) is 35.4 Å². The van der Waals surface area contributed by atoms with Crippen molar-refractivity contribution in [3.8, 4) is 0 Å². The smallest absolute Gasteiger partial charge is 0.248 e. The number of Topliss-reactive ketones (excluding diaryl/α,β-unsaturated/α-hetero) is 1. The first-order valence-corrected chi connectivity index (χ1v) is 7.58. The molecule has 0 N–H and O–H groups in total. The molecule has 1 aromatic carbocycles. The van der Waals surface area contributed by atoms with Gasteiger partial charge in [0.05, 0.1) is 0 Å². The van der Waals surface area contributed by atoms with Crippen LogP contribution in [0.5, 0.6) is 0 Å². The normalized spacial score (nSPS) is 23.3. The van der Waals surface area contributed by atoms with E-state index >= 15 is 0 Å². The van der Waals surface area contributed by atoms with Gasteiger partial charge in [0.2, 0.25) is 5.92 Å². The van der Waals surface area contributed by atoms with Crippen molar-refractivity contribution >= 4 is 5.78 Å². The van der Waals surface area contributed by atoms with Crippen molar-refractivity contribution in [3.63, 3.8) is 0 Å². The van der Waals surface area contributed by atoms with Crippen LogP contribution in [0, 0.1) is 5.92 Å². The molecule has 0 amide bonds. The second-order valence-corrected chi connectivity index (χ2v) is 6.21. The molecule has 1 nitrogen and oxygen atoms in total. The molecule has 0 radical (unpaired) electrons.